The average molecular weight is 226 g/mol. The Labute approximate surface area is 98.1 Å². The number of allylic oxidation sites excluding steroid dienone is 3. The number of hydrogen-bond acceptors (Lipinski definition) is 3. The largest absolute Gasteiger partial charge is 0.315 e. The molecule has 2 nitrogen and oxygen atoms in total. The van der Waals surface area contributed by atoms with E-state index in [2.05, 4.69) is 37.5 Å². The minimum Gasteiger partial charge on any atom is -0.315 e. The summed E-state index contributed by atoms with van der Waals surface area (Å²) in [7, 11) is 4.16. The van der Waals surface area contributed by atoms with E-state index in [0.717, 1.165) is 25.4 Å². The number of hydrogen-bond donors (Lipinski definition) is 1. The van der Waals surface area contributed by atoms with Gasteiger partial charge in [-0.2, -0.15) is 0 Å². The number of likely N-dealkylation sites (N-methyl/N-ethyl adjacent to an activating group) is 1. The van der Waals surface area contributed by atoms with Gasteiger partial charge in [-0.05, 0) is 20.2 Å². The van der Waals surface area contributed by atoms with Crippen molar-refractivity contribution in [1.29, 1.82) is 0 Å². The first-order chi connectivity index (χ1) is 7.20. The zero-order valence-electron chi connectivity index (χ0n) is 9.83. The summed E-state index contributed by atoms with van der Waals surface area (Å²) in [5.41, 5.74) is 0. The second kappa shape index (κ2) is 10.0. The van der Waals surface area contributed by atoms with Crippen LogP contribution in [0.3, 0.4) is 0 Å². The fraction of sp³-hybridized carbons (Fsp3) is 0.500. The Morgan fingerprint density at radius 2 is 2.07 bits per heavy atom. The number of thioether (sulfide) groups is 1. The standard InChI is InChI=1S/C12H22N2S/c1-5-7-12(6-2)15-11-9-13-8-10-14(3)4/h5-7,13H,1-2,8-11H2,3-4H3/b12-7+. The lowest BCUT2D eigenvalue weighted by atomic mass is 10.5. The van der Waals surface area contributed by atoms with Crippen LogP contribution in [0.2, 0.25) is 0 Å². The van der Waals surface area contributed by atoms with Gasteiger partial charge >= 0.3 is 0 Å². The van der Waals surface area contributed by atoms with E-state index in [1.165, 1.54) is 4.91 Å². The van der Waals surface area contributed by atoms with Crippen molar-refractivity contribution in [3.05, 3.63) is 36.3 Å². The monoisotopic (exact) mass is 226 g/mol. The fourth-order valence-corrected chi connectivity index (χ4v) is 1.75. The molecule has 0 rings (SSSR count). The molecule has 0 amide bonds. The van der Waals surface area contributed by atoms with Crippen LogP contribution in [0, 0.1) is 0 Å². The minimum atomic E-state index is 1.03. The highest BCUT2D eigenvalue weighted by Gasteiger charge is 1.93. The van der Waals surface area contributed by atoms with Crippen molar-refractivity contribution in [2.24, 2.45) is 0 Å². The van der Waals surface area contributed by atoms with Gasteiger partial charge in [0.25, 0.3) is 0 Å². The normalized spacial score (nSPS) is 11.8. The van der Waals surface area contributed by atoms with Crippen molar-refractivity contribution in [2.75, 3.05) is 39.5 Å². The molecule has 15 heavy (non-hydrogen) atoms. The summed E-state index contributed by atoms with van der Waals surface area (Å²) in [6, 6.07) is 0. The molecule has 0 atom stereocenters. The molecular formula is C12H22N2S. The summed E-state index contributed by atoms with van der Waals surface area (Å²) in [5, 5.41) is 3.39. The van der Waals surface area contributed by atoms with Gasteiger partial charge in [0, 0.05) is 30.3 Å². The molecule has 0 heterocycles. The quantitative estimate of drug-likeness (QED) is 0.479. The molecule has 0 saturated carbocycles. The van der Waals surface area contributed by atoms with Crippen molar-refractivity contribution in [2.45, 2.75) is 0 Å². The van der Waals surface area contributed by atoms with Crippen LogP contribution < -0.4 is 5.32 Å². The van der Waals surface area contributed by atoms with Crippen LogP contribution in [0.5, 0.6) is 0 Å². The van der Waals surface area contributed by atoms with Crippen LogP contribution in [0.15, 0.2) is 36.3 Å². The van der Waals surface area contributed by atoms with Crippen LogP contribution in [-0.2, 0) is 0 Å². The molecule has 0 aromatic carbocycles. The zero-order chi connectivity index (χ0) is 11.5. The molecule has 0 aromatic heterocycles. The van der Waals surface area contributed by atoms with E-state index >= 15 is 0 Å². The van der Waals surface area contributed by atoms with E-state index in [1.54, 1.807) is 17.8 Å². The van der Waals surface area contributed by atoms with Crippen LogP contribution >= 0.6 is 11.8 Å². The van der Waals surface area contributed by atoms with Crippen molar-refractivity contribution in [3.63, 3.8) is 0 Å². The number of nitrogens with zero attached hydrogens (tertiary/aromatic N) is 1. The Morgan fingerprint density at radius 3 is 2.60 bits per heavy atom. The van der Waals surface area contributed by atoms with Gasteiger partial charge < -0.3 is 10.2 Å². The van der Waals surface area contributed by atoms with Crippen molar-refractivity contribution < 1.29 is 0 Å². The van der Waals surface area contributed by atoms with Gasteiger partial charge in [-0.25, -0.2) is 0 Å². The Kier molecular flexibility index (Phi) is 9.68. The van der Waals surface area contributed by atoms with E-state index in [9.17, 15) is 0 Å². The fourth-order valence-electron chi connectivity index (χ4n) is 0.960. The predicted octanol–water partition coefficient (Wildman–Crippen LogP) is 2.13. The van der Waals surface area contributed by atoms with Crippen LogP contribution in [0.1, 0.15) is 0 Å². The molecule has 0 radical (unpaired) electrons. The second-order valence-corrected chi connectivity index (χ2v) is 4.58. The molecule has 0 fully saturated rings. The van der Waals surface area contributed by atoms with Gasteiger partial charge in [-0.15, -0.1) is 11.8 Å². The third-order valence-electron chi connectivity index (χ3n) is 1.77. The first-order valence-electron chi connectivity index (χ1n) is 5.14. The molecule has 3 heteroatoms. The Morgan fingerprint density at radius 1 is 1.33 bits per heavy atom. The zero-order valence-corrected chi connectivity index (χ0v) is 10.6. The maximum Gasteiger partial charge on any atom is 0.0106 e. The molecular weight excluding hydrogens is 204 g/mol. The minimum absolute atomic E-state index is 1.03. The molecule has 0 unspecified atom stereocenters. The Bertz CT molecular complexity index is 210. The first-order valence-corrected chi connectivity index (χ1v) is 6.12. The van der Waals surface area contributed by atoms with Crippen molar-refractivity contribution >= 4 is 11.8 Å². The Hall–Kier alpha value is -0.510. The third-order valence-corrected chi connectivity index (χ3v) is 2.81. The van der Waals surface area contributed by atoms with E-state index in [0.29, 0.717) is 0 Å². The van der Waals surface area contributed by atoms with Gasteiger partial charge in [-0.1, -0.05) is 25.3 Å². The number of nitrogens with one attached hydrogen (secondary N) is 1. The van der Waals surface area contributed by atoms with Gasteiger partial charge in [0.15, 0.2) is 0 Å². The van der Waals surface area contributed by atoms with Crippen LogP contribution in [0.4, 0.5) is 0 Å². The summed E-state index contributed by atoms with van der Waals surface area (Å²) in [5.74, 6) is 1.07. The highest BCUT2D eigenvalue weighted by Crippen LogP contribution is 2.15. The summed E-state index contributed by atoms with van der Waals surface area (Å²) in [6.07, 6.45) is 5.65. The maximum absolute atomic E-state index is 3.75. The third kappa shape index (κ3) is 9.79. The molecule has 0 aliphatic carbocycles. The highest BCUT2D eigenvalue weighted by atomic mass is 32.2. The topological polar surface area (TPSA) is 15.3 Å². The summed E-state index contributed by atoms with van der Waals surface area (Å²) in [6.45, 7) is 10.6. The van der Waals surface area contributed by atoms with E-state index in [-0.39, 0.29) is 0 Å². The molecule has 0 aliphatic heterocycles. The van der Waals surface area contributed by atoms with Gasteiger partial charge in [0.1, 0.15) is 0 Å². The summed E-state index contributed by atoms with van der Waals surface area (Å²) < 4.78 is 0. The molecule has 0 saturated heterocycles. The molecule has 0 aliphatic rings. The van der Waals surface area contributed by atoms with Crippen LogP contribution in [-0.4, -0.2) is 44.4 Å². The molecule has 1 N–H and O–H groups in total. The van der Waals surface area contributed by atoms with Crippen LogP contribution in [0.25, 0.3) is 0 Å². The second-order valence-electron chi connectivity index (χ2n) is 3.41. The van der Waals surface area contributed by atoms with E-state index < -0.39 is 0 Å². The highest BCUT2D eigenvalue weighted by molar-refractivity contribution is 8.03. The molecule has 86 valence electrons. The average Bonchev–Trinajstić information content (AvgIpc) is 2.21. The maximum atomic E-state index is 3.75. The molecule has 0 aromatic rings. The lowest BCUT2D eigenvalue weighted by molar-refractivity contribution is 0.403. The van der Waals surface area contributed by atoms with Crippen molar-refractivity contribution in [3.8, 4) is 0 Å². The summed E-state index contributed by atoms with van der Waals surface area (Å²) in [4.78, 5) is 3.35. The SMILES string of the molecule is C=C/C=C(\C=C)SCCNCCN(C)C. The van der Waals surface area contributed by atoms with Crippen molar-refractivity contribution in [1.82, 2.24) is 10.2 Å². The Balaban J connectivity index is 3.41. The predicted molar refractivity (Wildman–Crippen MR) is 72.4 cm³/mol. The van der Waals surface area contributed by atoms with E-state index in [4.69, 9.17) is 0 Å². The lowest BCUT2D eigenvalue weighted by Crippen LogP contribution is -2.27. The lowest BCUT2D eigenvalue weighted by Gasteiger charge is -2.10. The van der Waals surface area contributed by atoms with E-state index in [1.807, 2.05) is 12.2 Å². The first kappa shape index (κ1) is 14.5. The molecule has 0 spiro atoms. The van der Waals surface area contributed by atoms with Gasteiger partial charge in [-0.3, -0.25) is 0 Å². The summed E-state index contributed by atoms with van der Waals surface area (Å²) >= 11 is 1.80. The van der Waals surface area contributed by atoms with Gasteiger partial charge in [0.2, 0.25) is 0 Å². The molecule has 0 bridgehead atoms. The smallest absolute Gasteiger partial charge is 0.0106 e. The van der Waals surface area contributed by atoms with Gasteiger partial charge in [0.05, 0.1) is 0 Å². The number of rotatable bonds is 9.